The fourth-order valence-corrected chi connectivity index (χ4v) is 4.23. The summed E-state index contributed by atoms with van der Waals surface area (Å²) in [7, 11) is 0. The van der Waals surface area contributed by atoms with Gasteiger partial charge in [-0.25, -0.2) is 0 Å². The van der Waals surface area contributed by atoms with Crippen LogP contribution in [0, 0.1) is 5.41 Å². The van der Waals surface area contributed by atoms with Gasteiger partial charge in [-0.1, -0.05) is 34.6 Å². The zero-order valence-electron chi connectivity index (χ0n) is 14.5. The molecule has 0 spiro atoms. The minimum Gasteiger partial charge on any atom is -0.308 e. The maximum atomic E-state index is 3.88. The van der Waals surface area contributed by atoms with E-state index >= 15 is 0 Å². The Bertz CT molecular complexity index is 297. The van der Waals surface area contributed by atoms with Crippen molar-refractivity contribution in [2.75, 3.05) is 13.1 Å². The highest BCUT2D eigenvalue weighted by Gasteiger charge is 2.40. The molecule has 1 heterocycles. The van der Waals surface area contributed by atoms with Gasteiger partial charge in [-0.05, 0) is 50.4 Å². The first-order valence-corrected chi connectivity index (χ1v) is 8.96. The lowest BCUT2D eigenvalue weighted by atomic mass is 9.74. The highest BCUT2D eigenvalue weighted by atomic mass is 15.3. The molecule has 0 bridgehead atoms. The molecule has 1 aliphatic carbocycles. The number of piperazine rings is 1. The quantitative estimate of drug-likeness (QED) is 0.830. The Morgan fingerprint density at radius 2 is 1.65 bits per heavy atom. The van der Waals surface area contributed by atoms with Crippen molar-refractivity contribution in [3.05, 3.63) is 0 Å². The number of hydrogen-bond donors (Lipinski definition) is 1. The summed E-state index contributed by atoms with van der Waals surface area (Å²) in [5.74, 6) is 0. The maximum Gasteiger partial charge on any atom is 0.0304 e. The average molecular weight is 280 g/mol. The lowest BCUT2D eigenvalue weighted by molar-refractivity contribution is 0.00756. The third kappa shape index (κ3) is 3.39. The fourth-order valence-electron chi connectivity index (χ4n) is 4.23. The fraction of sp³-hybridized carbons (Fsp3) is 1.00. The maximum absolute atomic E-state index is 3.88. The predicted molar refractivity (Wildman–Crippen MR) is 88.1 cm³/mol. The van der Waals surface area contributed by atoms with Crippen molar-refractivity contribution in [1.82, 2.24) is 10.2 Å². The van der Waals surface area contributed by atoms with Gasteiger partial charge in [0.2, 0.25) is 0 Å². The summed E-state index contributed by atoms with van der Waals surface area (Å²) >= 11 is 0. The third-order valence-corrected chi connectivity index (χ3v) is 6.27. The summed E-state index contributed by atoms with van der Waals surface area (Å²) in [6.45, 7) is 14.4. The largest absolute Gasteiger partial charge is 0.308 e. The Kier molecular flexibility index (Phi) is 5.18. The van der Waals surface area contributed by atoms with Crippen LogP contribution in [0.1, 0.15) is 79.6 Å². The van der Waals surface area contributed by atoms with Crippen LogP contribution in [0.3, 0.4) is 0 Å². The standard InChI is InChI=1S/C18H36N2/c1-6-15-13-19-18(7-2,8-3)14-20(15)16-9-11-17(4,5)12-10-16/h15-16,19H,6-14H2,1-5H3. The van der Waals surface area contributed by atoms with Gasteiger partial charge in [0.1, 0.15) is 0 Å². The first-order chi connectivity index (χ1) is 9.45. The van der Waals surface area contributed by atoms with Crippen molar-refractivity contribution in [3.63, 3.8) is 0 Å². The lowest BCUT2D eigenvalue weighted by Crippen LogP contribution is -2.66. The normalized spacial score (nSPS) is 31.4. The van der Waals surface area contributed by atoms with Crippen LogP contribution in [-0.4, -0.2) is 35.6 Å². The number of rotatable bonds is 4. The van der Waals surface area contributed by atoms with Gasteiger partial charge in [-0.3, -0.25) is 4.90 Å². The van der Waals surface area contributed by atoms with Gasteiger partial charge in [0, 0.05) is 30.7 Å². The van der Waals surface area contributed by atoms with Crippen LogP contribution in [0.5, 0.6) is 0 Å². The SMILES string of the molecule is CCC1CNC(CC)(CC)CN1C1CCC(C)(C)CC1. The van der Waals surface area contributed by atoms with E-state index in [1.54, 1.807) is 0 Å². The van der Waals surface area contributed by atoms with Crippen molar-refractivity contribution >= 4 is 0 Å². The second kappa shape index (κ2) is 6.36. The van der Waals surface area contributed by atoms with Gasteiger partial charge in [-0.2, -0.15) is 0 Å². The molecule has 118 valence electrons. The van der Waals surface area contributed by atoms with Gasteiger partial charge >= 0.3 is 0 Å². The van der Waals surface area contributed by atoms with E-state index in [2.05, 4.69) is 44.8 Å². The van der Waals surface area contributed by atoms with Crippen LogP contribution in [-0.2, 0) is 0 Å². The van der Waals surface area contributed by atoms with E-state index in [-0.39, 0.29) is 0 Å². The minimum atomic E-state index is 0.374. The Morgan fingerprint density at radius 1 is 1.05 bits per heavy atom. The molecule has 0 amide bonds. The van der Waals surface area contributed by atoms with Gasteiger partial charge in [0.25, 0.3) is 0 Å². The zero-order valence-corrected chi connectivity index (χ0v) is 14.5. The number of hydrogen-bond acceptors (Lipinski definition) is 2. The van der Waals surface area contributed by atoms with Crippen LogP contribution in [0.25, 0.3) is 0 Å². The van der Waals surface area contributed by atoms with Gasteiger partial charge in [0.05, 0.1) is 0 Å². The topological polar surface area (TPSA) is 15.3 Å². The predicted octanol–water partition coefficient (Wildman–Crippen LogP) is 4.20. The highest BCUT2D eigenvalue weighted by molar-refractivity contribution is 4.99. The molecular weight excluding hydrogens is 244 g/mol. The molecule has 2 nitrogen and oxygen atoms in total. The molecule has 1 atom stereocenters. The molecular formula is C18H36N2. The number of nitrogens with one attached hydrogen (secondary N) is 1. The van der Waals surface area contributed by atoms with Crippen molar-refractivity contribution in [1.29, 1.82) is 0 Å². The zero-order chi connectivity index (χ0) is 14.8. The van der Waals surface area contributed by atoms with E-state index in [1.165, 1.54) is 58.0 Å². The molecule has 1 unspecified atom stereocenters. The van der Waals surface area contributed by atoms with E-state index in [9.17, 15) is 0 Å². The Morgan fingerprint density at radius 3 is 2.15 bits per heavy atom. The van der Waals surface area contributed by atoms with E-state index in [4.69, 9.17) is 0 Å². The summed E-state index contributed by atoms with van der Waals surface area (Å²) in [5, 5.41) is 3.88. The molecule has 2 aliphatic rings. The Balaban J connectivity index is 2.06. The van der Waals surface area contributed by atoms with Gasteiger partial charge < -0.3 is 5.32 Å². The molecule has 0 aromatic carbocycles. The van der Waals surface area contributed by atoms with Crippen LogP contribution in [0.2, 0.25) is 0 Å². The third-order valence-electron chi connectivity index (χ3n) is 6.27. The molecule has 2 fully saturated rings. The molecule has 0 aromatic rings. The molecule has 1 saturated heterocycles. The smallest absolute Gasteiger partial charge is 0.0304 e. The molecule has 2 heteroatoms. The Labute approximate surface area is 126 Å². The summed E-state index contributed by atoms with van der Waals surface area (Å²) in [5.41, 5.74) is 0.956. The van der Waals surface area contributed by atoms with Crippen LogP contribution < -0.4 is 5.32 Å². The number of nitrogens with zero attached hydrogens (tertiary/aromatic N) is 1. The molecule has 0 aromatic heterocycles. The molecule has 1 saturated carbocycles. The van der Waals surface area contributed by atoms with E-state index in [0.29, 0.717) is 11.0 Å². The van der Waals surface area contributed by atoms with Crippen molar-refractivity contribution in [2.45, 2.75) is 97.2 Å². The average Bonchev–Trinajstić information content (AvgIpc) is 2.46. The van der Waals surface area contributed by atoms with Gasteiger partial charge in [-0.15, -0.1) is 0 Å². The second-order valence-corrected chi connectivity index (χ2v) is 8.00. The molecule has 2 rings (SSSR count). The molecule has 20 heavy (non-hydrogen) atoms. The van der Waals surface area contributed by atoms with Crippen molar-refractivity contribution in [3.8, 4) is 0 Å². The highest BCUT2D eigenvalue weighted by Crippen LogP contribution is 2.39. The van der Waals surface area contributed by atoms with E-state index in [0.717, 1.165) is 12.1 Å². The summed E-state index contributed by atoms with van der Waals surface area (Å²) in [6, 6.07) is 1.60. The van der Waals surface area contributed by atoms with Crippen LogP contribution >= 0.6 is 0 Å². The monoisotopic (exact) mass is 280 g/mol. The summed E-state index contributed by atoms with van der Waals surface area (Å²) in [6.07, 6.45) is 9.44. The first-order valence-electron chi connectivity index (χ1n) is 8.96. The lowest BCUT2D eigenvalue weighted by Gasteiger charge is -2.52. The first kappa shape index (κ1) is 16.3. The summed E-state index contributed by atoms with van der Waals surface area (Å²) < 4.78 is 0. The summed E-state index contributed by atoms with van der Waals surface area (Å²) in [4.78, 5) is 2.89. The van der Waals surface area contributed by atoms with Gasteiger partial charge in [0.15, 0.2) is 0 Å². The molecule has 0 radical (unpaired) electrons. The molecule has 1 aliphatic heterocycles. The Hall–Kier alpha value is -0.0800. The van der Waals surface area contributed by atoms with Crippen LogP contribution in [0.15, 0.2) is 0 Å². The van der Waals surface area contributed by atoms with Crippen molar-refractivity contribution in [2.24, 2.45) is 5.41 Å². The second-order valence-electron chi connectivity index (χ2n) is 8.00. The van der Waals surface area contributed by atoms with E-state index < -0.39 is 0 Å². The minimum absolute atomic E-state index is 0.374. The van der Waals surface area contributed by atoms with Crippen molar-refractivity contribution < 1.29 is 0 Å². The van der Waals surface area contributed by atoms with Crippen LogP contribution in [0.4, 0.5) is 0 Å². The van der Waals surface area contributed by atoms with E-state index in [1.807, 2.05) is 0 Å². The molecule has 1 N–H and O–H groups in total.